The molecule has 7 nitrogen and oxygen atoms in total. The topological polar surface area (TPSA) is 71.8 Å². The number of ether oxygens (including phenoxy) is 4. The minimum atomic E-state index is -0.514. The molecule has 0 aliphatic rings. The molecule has 0 bridgehead atoms. The number of carbonyl (C=O) groups is 1. The highest BCUT2D eigenvalue weighted by atomic mass is 16.5. The normalized spacial score (nSPS) is 10.7. The van der Waals surface area contributed by atoms with E-state index in [-0.39, 0.29) is 0 Å². The molecule has 3 rings (SSSR count). The van der Waals surface area contributed by atoms with Gasteiger partial charge in [0, 0.05) is 13.1 Å². The van der Waals surface area contributed by atoms with Crippen LogP contribution in [0.3, 0.4) is 0 Å². The van der Waals surface area contributed by atoms with Crippen LogP contribution in [0.4, 0.5) is 0 Å². The summed E-state index contributed by atoms with van der Waals surface area (Å²) in [5.74, 6) is 1.28. The number of rotatable bonds is 8. The number of hydrogen-bond acceptors (Lipinski definition) is 6. The first kappa shape index (κ1) is 19.5. The summed E-state index contributed by atoms with van der Waals surface area (Å²) in [5.41, 5.74) is 2.03. The summed E-state index contributed by atoms with van der Waals surface area (Å²) >= 11 is 0. The molecule has 0 spiro atoms. The molecule has 7 heteroatoms. The second-order valence-electron chi connectivity index (χ2n) is 6.00. The maximum atomic E-state index is 12.7. The van der Waals surface area contributed by atoms with Crippen molar-refractivity contribution >= 4 is 17.0 Å². The van der Waals surface area contributed by atoms with Gasteiger partial charge in [0.1, 0.15) is 5.75 Å². The van der Waals surface area contributed by atoms with Crippen molar-refractivity contribution in [3.8, 4) is 23.0 Å². The Bertz CT molecular complexity index is 953. The van der Waals surface area contributed by atoms with Gasteiger partial charge in [-0.2, -0.15) is 0 Å². The standard InChI is InChI=1S/C21H24N2O5/c1-5-25-18-10-14(11-19(26-6-2)20(18)27-7-3)21(24)28-15-8-9-17-16(12-15)22-13-23(17)4/h8-13H,5-7H2,1-4H3. The summed E-state index contributed by atoms with van der Waals surface area (Å²) in [4.78, 5) is 17.0. The number of fused-ring (bicyclic) bond motifs is 1. The summed E-state index contributed by atoms with van der Waals surface area (Å²) < 4.78 is 24.4. The fourth-order valence-electron chi connectivity index (χ4n) is 2.85. The molecule has 0 saturated heterocycles. The van der Waals surface area contributed by atoms with E-state index in [4.69, 9.17) is 18.9 Å². The maximum Gasteiger partial charge on any atom is 0.343 e. The third-order valence-electron chi connectivity index (χ3n) is 4.05. The van der Waals surface area contributed by atoms with Crippen LogP contribution in [0, 0.1) is 0 Å². The maximum absolute atomic E-state index is 12.7. The van der Waals surface area contributed by atoms with E-state index < -0.39 is 5.97 Å². The number of aryl methyl sites for hydroxylation is 1. The molecule has 3 aromatic rings. The molecule has 0 aliphatic carbocycles. The Morgan fingerprint density at radius 3 is 2.21 bits per heavy atom. The van der Waals surface area contributed by atoms with E-state index in [0.717, 1.165) is 11.0 Å². The van der Waals surface area contributed by atoms with E-state index in [0.29, 0.717) is 48.4 Å². The van der Waals surface area contributed by atoms with Crippen molar-refractivity contribution in [2.24, 2.45) is 7.05 Å². The van der Waals surface area contributed by atoms with Gasteiger partial charge < -0.3 is 23.5 Å². The Morgan fingerprint density at radius 1 is 0.964 bits per heavy atom. The first-order valence-corrected chi connectivity index (χ1v) is 9.27. The minimum absolute atomic E-state index is 0.316. The molecule has 0 N–H and O–H groups in total. The number of carbonyl (C=O) groups excluding carboxylic acids is 1. The van der Waals surface area contributed by atoms with Gasteiger partial charge in [0.2, 0.25) is 5.75 Å². The molecular weight excluding hydrogens is 360 g/mol. The first-order valence-electron chi connectivity index (χ1n) is 9.27. The Hall–Kier alpha value is -3.22. The van der Waals surface area contributed by atoms with Gasteiger partial charge in [0.15, 0.2) is 11.5 Å². The second-order valence-corrected chi connectivity index (χ2v) is 6.00. The Morgan fingerprint density at radius 2 is 1.61 bits per heavy atom. The molecule has 0 aliphatic heterocycles. The van der Waals surface area contributed by atoms with Gasteiger partial charge in [0.25, 0.3) is 0 Å². The fraction of sp³-hybridized carbons (Fsp3) is 0.333. The molecule has 0 fully saturated rings. The largest absolute Gasteiger partial charge is 0.490 e. The number of hydrogen-bond donors (Lipinski definition) is 0. The average Bonchev–Trinajstić information content (AvgIpc) is 3.04. The molecule has 148 valence electrons. The Kier molecular flexibility index (Phi) is 6.03. The van der Waals surface area contributed by atoms with Crippen molar-refractivity contribution in [3.05, 3.63) is 42.2 Å². The lowest BCUT2D eigenvalue weighted by atomic mass is 10.1. The van der Waals surface area contributed by atoms with Crippen molar-refractivity contribution < 1.29 is 23.7 Å². The van der Waals surface area contributed by atoms with Crippen LogP contribution in [0.25, 0.3) is 11.0 Å². The minimum Gasteiger partial charge on any atom is -0.490 e. The summed E-state index contributed by atoms with van der Waals surface area (Å²) in [6.07, 6.45) is 1.71. The van der Waals surface area contributed by atoms with Crippen LogP contribution in [-0.2, 0) is 7.05 Å². The molecular formula is C21H24N2O5. The lowest BCUT2D eigenvalue weighted by molar-refractivity contribution is 0.0733. The highest BCUT2D eigenvalue weighted by Gasteiger charge is 2.20. The molecule has 2 aromatic carbocycles. The van der Waals surface area contributed by atoms with Crippen LogP contribution in [0.2, 0.25) is 0 Å². The lowest BCUT2D eigenvalue weighted by Gasteiger charge is -2.16. The van der Waals surface area contributed by atoms with Crippen molar-refractivity contribution in [1.82, 2.24) is 9.55 Å². The van der Waals surface area contributed by atoms with Gasteiger partial charge in [0.05, 0.1) is 42.7 Å². The first-order chi connectivity index (χ1) is 13.6. The predicted octanol–water partition coefficient (Wildman–Crippen LogP) is 3.99. The number of esters is 1. The molecule has 0 amide bonds. The van der Waals surface area contributed by atoms with Crippen molar-refractivity contribution in [2.45, 2.75) is 20.8 Å². The van der Waals surface area contributed by atoms with Crippen LogP contribution >= 0.6 is 0 Å². The van der Waals surface area contributed by atoms with Gasteiger partial charge in [-0.1, -0.05) is 0 Å². The van der Waals surface area contributed by atoms with E-state index in [2.05, 4.69) is 4.98 Å². The summed E-state index contributed by atoms with van der Waals surface area (Å²) in [5, 5.41) is 0. The number of aromatic nitrogens is 2. The van der Waals surface area contributed by atoms with Gasteiger partial charge in [-0.05, 0) is 45.0 Å². The van der Waals surface area contributed by atoms with Gasteiger partial charge >= 0.3 is 5.97 Å². The molecule has 0 saturated carbocycles. The van der Waals surface area contributed by atoms with Crippen molar-refractivity contribution in [1.29, 1.82) is 0 Å². The summed E-state index contributed by atoms with van der Waals surface area (Å²) in [6.45, 7) is 6.92. The van der Waals surface area contributed by atoms with Crippen LogP contribution < -0.4 is 18.9 Å². The third-order valence-corrected chi connectivity index (χ3v) is 4.05. The SMILES string of the molecule is CCOc1cc(C(=O)Oc2ccc3c(c2)ncn3C)cc(OCC)c1OCC. The summed E-state index contributed by atoms with van der Waals surface area (Å²) in [6, 6.07) is 8.55. The predicted molar refractivity (Wildman–Crippen MR) is 106 cm³/mol. The van der Waals surface area contributed by atoms with Crippen LogP contribution in [0.15, 0.2) is 36.7 Å². The van der Waals surface area contributed by atoms with Gasteiger partial charge in [-0.25, -0.2) is 9.78 Å². The van der Waals surface area contributed by atoms with Crippen LogP contribution in [0.1, 0.15) is 31.1 Å². The second kappa shape index (κ2) is 8.65. The van der Waals surface area contributed by atoms with E-state index in [1.165, 1.54) is 0 Å². The van der Waals surface area contributed by atoms with Gasteiger partial charge in [-0.3, -0.25) is 0 Å². The number of benzene rings is 2. The van der Waals surface area contributed by atoms with E-state index in [1.807, 2.05) is 38.5 Å². The van der Waals surface area contributed by atoms with Gasteiger partial charge in [-0.15, -0.1) is 0 Å². The van der Waals surface area contributed by atoms with Crippen molar-refractivity contribution in [3.63, 3.8) is 0 Å². The molecule has 0 atom stereocenters. The lowest BCUT2D eigenvalue weighted by Crippen LogP contribution is -2.11. The number of imidazole rings is 1. The molecule has 0 unspecified atom stereocenters. The zero-order chi connectivity index (χ0) is 20.1. The molecule has 1 aromatic heterocycles. The van der Waals surface area contributed by atoms with Crippen LogP contribution in [-0.4, -0.2) is 35.3 Å². The highest BCUT2D eigenvalue weighted by Crippen LogP contribution is 2.39. The number of nitrogens with zero attached hydrogens (tertiary/aromatic N) is 2. The molecule has 1 heterocycles. The van der Waals surface area contributed by atoms with Crippen LogP contribution in [0.5, 0.6) is 23.0 Å². The molecule has 28 heavy (non-hydrogen) atoms. The zero-order valence-electron chi connectivity index (χ0n) is 16.5. The Balaban J connectivity index is 1.92. The molecule has 0 radical (unpaired) electrons. The third kappa shape index (κ3) is 4.03. The smallest absolute Gasteiger partial charge is 0.343 e. The van der Waals surface area contributed by atoms with E-state index >= 15 is 0 Å². The zero-order valence-corrected chi connectivity index (χ0v) is 16.5. The van der Waals surface area contributed by atoms with Crippen molar-refractivity contribution in [2.75, 3.05) is 19.8 Å². The van der Waals surface area contributed by atoms with E-state index in [9.17, 15) is 4.79 Å². The summed E-state index contributed by atoms with van der Waals surface area (Å²) in [7, 11) is 1.91. The average molecular weight is 384 g/mol. The monoisotopic (exact) mass is 384 g/mol. The Labute approximate surface area is 163 Å². The van der Waals surface area contributed by atoms with E-state index in [1.54, 1.807) is 30.6 Å². The quantitative estimate of drug-likeness (QED) is 0.432. The fourth-order valence-corrected chi connectivity index (χ4v) is 2.85. The highest BCUT2D eigenvalue weighted by molar-refractivity contribution is 5.93.